The number of carbonyl (C=O) groups excluding carboxylic acids is 1. The molecule has 2 atom stereocenters. The van der Waals surface area contributed by atoms with E-state index in [9.17, 15) is 18.0 Å². The minimum atomic E-state index is -4.49. The first-order chi connectivity index (χ1) is 20.0. The van der Waals surface area contributed by atoms with Gasteiger partial charge in [0.2, 0.25) is 0 Å². The van der Waals surface area contributed by atoms with Crippen LogP contribution in [0.3, 0.4) is 0 Å². The Morgan fingerprint density at radius 1 is 1.07 bits per heavy atom. The molecular weight excluding hydrogens is 575 g/mol. The summed E-state index contributed by atoms with van der Waals surface area (Å²) in [5.74, 6) is 0.787. The SMILES string of the molecule is Cc1cc([C@H]2OC(=O)N(Cc3cc(C)cnc3N(CCO[Si](C)(C)C(C)(C)C)C3CCOCC3)[C@H]2C)cc(C(F)(F)F)c1. The van der Waals surface area contributed by atoms with Crippen molar-refractivity contribution in [1.29, 1.82) is 0 Å². The molecule has 43 heavy (non-hydrogen) atoms. The number of aromatic nitrogens is 1. The maximum Gasteiger partial charge on any atom is 0.416 e. The highest BCUT2D eigenvalue weighted by atomic mass is 28.4. The van der Waals surface area contributed by atoms with Crippen LogP contribution in [0.1, 0.15) is 74.5 Å². The van der Waals surface area contributed by atoms with Gasteiger partial charge in [-0.05, 0) is 81.1 Å². The zero-order valence-corrected chi connectivity index (χ0v) is 27.7. The molecule has 3 heterocycles. The fourth-order valence-electron chi connectivity index (χ4n) is 5.56. The van der Waals surface area contributed by atoms with Crippen molar-refractivity contribution in [2.24, 2.45) is 0 Å². The molecule has 2 aliphatic heterocycles. The van der Waals surface area contributed by atoms with Crippen LogP contribution in [0.5, 0.6) is 0 Å². The second-order valence-corrected chi connectivity index (χ2v) is 18.3. The monoisotopic (exact) mass is 621 g/mol. The zero-order valence-electron chi connectivity index (χ0n) is 26.7. The van der Waals surface area contributed by atoms with E-state index < -0.39 is 38.3 Å². The van der Waals surface area contributed by atoms with Crippen molar-refractivity contribution in [2.45, 2.75) is 103 Å². The number of pyridine rings is 1. The van der Waals surface area contributed by atoms with Gasteiger partial charge in [0.1, 0.15) is 11.9 Å². The second kappa shape index (κ2) is 12.8. The molecule has 1 amide bonds. The molecule has 4 rings (SSSR count). The number of amides is 1. The van der Waals surface area contributed by atoms with E-state index in [4.69, 9.17) is 18.9 Å². The Balaban J connectivity index is 1.61. The number of rotatable bonds is 9. The zero-order chi connectivity index (χ0) is 31.7. The molecule has 238 valence electrons. The van der Waals surface area contributed by atoms with Gasteiger partial charge in [0.15, 0.2) is 8.32 Å². The summed E-state index contributed by atoms with van der Waals surface area (Å²) in [7, 11) is -1.96. The highest BCUT2D eigenvalue weighted by Gasteiger charge is 2.42. The van der Waals surface area contributed by atoms with Crippen LogP contribution < -0.4 is 4.90 Å². The van der Waals surface area contributed by atoms with E-state index in [0.717, 1.165) is 41.9 Å². The Morgan fingerprint density at radius 2 is 1.74 bits per heavy atom. The molecule has 1 aromatic heterocycles. The van der Waals surface area contributed by atoms with Crippen LogP contribution in [0.2, 0.25) is 18.1 Å². The average Bonchev–Trinajstić information content (AvgIpc) is 3.19. The molecule has 0 unspecified atom stereocenters. The van der Waals surface area contributed by atoms with E-state index in [2.05, 4.69) is 38.8 Å². The summed E-state index contributed by atoms with van der Waals surface area (Å²) < 4.78 is 58.6. The summed E-state index contributed by atoms with van der Waals surface area (Å²) in [5, 5.41) is 0.0880. The van der Waals surface area contributed by atoms with Gasteiger partial charge in [-0.1, -0.05) is 32.4 Å². The lowest BCUT2D eigenvalue weighted by molar-refractivity contribution is -0.137. The van der Waals surface area contributed by atoms with Gasteiger partial charge >= 0.3 is 12.3 Å². The van der Waals surface area contributed by atoms with E-state index in [0.29, 0.717) is 37.5 Å². The molecule has 0 radical (unpaired) electrons. The summed E-state index contributed by atoms with van der Waals surface area (Å²) in [6, 6.07) is 5.59. The molecule has 2 saturated heterocycles. The lowest BCUT2D eigenvalue weighted by atomic mass is 9.98. The van der Waals surface area contributed by atoms with Crippen molar-refractivity contribution >= 4 is 20.2 Å². The van der Waals surface area contributed by atoms with Crippen molar-refractivity contribution < 1.29 is 31.9 Å². The summed E-state index contributed by atoms with van der Waals surface area (Å²) in [4.78, 5) is 22.0. The minimum Gasteiger partial charge on any atom is -0.439 e. The fourth-order valence-corrected chi connectivity index (χ4v) is 6.59. The summed E-state index contributed by atoms with van der Waals surface area (Å²) in [6.45, 7) is 19.3. The van der Waals surface area contributed by atoms with Crippen LogP contribution in [0, 0.1) is 13.8 Å². The molecule has 0 bridgehead atoms. The number of alkyl halides is 3. The molecule has 0 spiro atoms. The van der Waals surface area contributed by atoms with Crippen LogP contribution in [0.25, 0.3) is 0 Å². The van der Waals surface area contributed by atoms with E-state index in [1.165, 1.54) is 0 Å². The lowest BCUT2D eigenvalue weighted by Crippen LogP contribution is -2.46. The second-order valence-electron chi connectivity index (χ2n) is 13.4. The number of hydrogen-bond acceptors (Lipinski definition) is 6. The number of hydrogen-bond donors (Lipinski definition) is 0. The highest BCUT2D eigenvalue weighted by Crippen LogP contribution is 2.39. The van der Waals surface area contributed by atoms with Crippen molar-refractivity contribution in [3.63, 3.8) is 0 Å². The third kappa shape index (κ3) is 7.72. The van der Waals surface area contributed by atoms with Gasteiger partial charge in [0.25, 0.3) is 0 Å². The molecule has 11 heteroatoms. The van der Waals surface area contributed by atoms with E-state index >= 15 is 0 Å². The molecule has 0 N–H and O–H groups in total. The van der Waals surface area contributed by atoms with Gasteiger partial charge in [-0.15, -0.1) is 0 Å². The van der Waals surface area contributed by atoms with Crippen LogP contribution in [0.15, 0.2) is 30.5 Å². The van der Waals surface area contributed by atoms with Crippen LogP contribution in [-0.4, -0.2) is 62.7 Å². The lowest BCUT2D eigenvalue weighted by Gasteiger charge is -2.39. The Hall–Kier alpha value is -2.63. The number of anilines is 1. The number of ether oxygens (including phenoxy) is 2. The largest absolute Gasteiger partial charge is 0.439 e. The molecule has 2 aromatic rings. The normalized spacial score (nSPS) is 20.4. The standard InChI is InChI=1S/C32H46F3N3O4Si/c1-21-15-24(18-26(17-21)32(33,34)35)28-23(3)38(30(39)42-28)20-25-16-22(2)19-36-29(25)37(27-9-12-40-13-10-27)11-14-41-43(7,8)31(4,5)6/h15-19,23,27-28H,9-14,20H2,1-8H3/t23-,28-/m0/s1. The average molecular weight is 622 g/mol. The number of cyclic esters (lactones) is 1. The minimum absolute atomic E-state index is 0.0880. The number of aryl methyl sites for hydroxylation is 2. The molecule has 2 aliphatic rings. The van der Waals surface area contributed by atoms with Gasteiger partial charge in [0, 0.05) is 37.6 Å². The van der Waals surface area contributed by atoms with Gasteiger partial charge in [0.05, 0.1) is 24.8 Å². The molecular formula is C32H46F3N3O4Si. The number of nitrogens with zero attached hydrogens (tertiary/aromatic N) is 3. The first-order valence-corrected chi connectivity index (χ1v) is 18.0. The van der Waals surface area contributed by atoms with Crippen LogP contribution in [-0.2, 0) is 26.6 Å². The first-order valence-electron chi connectivity index (χ1n) is 15.1. The van der Waals surface area contributed by atoms with E-state index in [-0.39, 0.29) is 17.6 Å². The third-order valence-electron chi connectivity index (χ3n) is 9.07. The fraction of sp³-hybridized carbons (Fsp3) is 0.625. The number of carbonyl (C=O) groups is 1. The molecule has 7 nitrogen and oxygen atoms in total. The topological polar surface area (TPSA) is 64.1 Å². The highest BCUT2D eigenvalue weighted by molar-refractivity contribution is 6.74. The predicted octanol–water partition coefficient (Wildman–Crippen LogP) is 7.81. The van der Waals surface area contributed by atoms with E-state index in [1.54, 1.807) is 17.9 Å². The maximum absolute atomic E-state index is 13.6. The Morgan fingerprint density at radius 3 is 2.37 bits per heavy atom. The third-order valence-corrected chi connectivity index (χ3v) is 13.6. The van der Waals surface area contributed by atoms with Gasteiger partial charge in [-0.2, -0.15) is 13.2 Å². The summed E-state index contributed by atoms with van der Waals surface area (Å²) in [5.41, 5.74) is 1.87. The number of halogens is 3. The Kier molecular flexibility index (Phi) is 9.88. The van der Waals surface area contributed by atoms with Crippen LogP contribution in [0.4, 0.5) is 23.8 Å². The molecule has 1 aromatic carbocycles. The van der Waals surface area contributed by atoms with Crippen LogP contribution >= 0.6 is 0 Å². The van der Waals surface area contributed by atoms with Crippen molar-refractivity contribution in [2.75, 3.05) is 31.3 Å². The quantitative estimate of drug-likeness (QED) is 0.266. The van der Waals surface area contributed by atoms with Gasteiger partial charge in [-0.3, -0.25) is 4.90 Å². The van der Waals surface area contributed by atoms with E-state index in [1.807, 2.05) is 26.1 Å². The van der Waals surface area contributed by atoms with Gasteiger partial charge < -0.3 is 18.8 Å². The van der Waals surface area contributed by atoms with Gasteiger partial charge in [-0.25, -0.2) is 9.78 Å². The summed E-state index contributed by atoms with van der Waals surface area (Å²) >= 11 is 0. The molecule has 2 fully saturated rings. The smallest absolute Gasteiger partial charge is 0.416 e. The summed E-state index contributed by atoms with van der Waals surface area (Å²) in [6.07, 6.45) is -2.32. The maximum atomic E-state index is 13.6. The Bertz CT molecular complexity index is 1290. The predicted molar refractivity (Wildman–Crippen MR) is 164 cm³/mol. The number of benzene rings is 1. The molecule has 0 saturated carbocycles. The van der Waals surface area contributed by atoms with Crippen molar-refractivity contribution in [3.8, 4) is 0 Å². The Labute approximate surface area is 254 Å². The van der Waals surface area contributed by atoms with Crippen molar-refractivity contribution in [3.05, 3.63) is 58.3 Å². The first kappa shape index (κ1) is 33.3. The molecule has 0 aliphatic carbocycles. The van der Waals surface area contributed by atoms with Crippen molar-refractivity contribution in [1.82, 2.24) is 9.88 Å².